The lowest BCUT2D eigenvalue weighted by atomic mass is 10.2. The van der Waals surface area contributed by atoms with E-state index in [1.165, 1.54) is 0 Å². The van der Waals surface area contributed by atoms with Gasteiger partial charge in [-0.25, -0.2) is 0 Å². The van der Waals surface area contributed by atoms with E-state index in [1.54, 1.807) is 0 Å². The van der Waals surface area contributed by atoms with E-state index in [-0.39, 0.29) is 12.5 Å². The van der Waals surface area contributed by atoms with E-state index in [0.717, 1.165) is 22.5 Å². The third-order valence-corrected chi connectivity index (χ3v) is 4.01. The molecule has 0 bridgehead atoms. The van der Waals surface area contributed by atoms with Crippen LogP contribution in [0.3, 0.4) is 0 Å². The van der Waals surface area contributed by atoms with Crippen molar-refractivity contribution in [3.05, 3.63) is 52.8 Å². The molecule has 24 heavy (non-hydrogen) atoms. The van der Waals surface area contributed by atoms with Crippen LogP contribution in [0.1, 0.15) is 28.9 Å². The van der Waals surface area contributed by atoms with Crippen molar-refractivity contribution in [2.45, 2.75) is 39.9 Å². The molecular formula is C18H26N4O2. The fraction of sp³-hybridized carbons (Fsp3) is 0.444. The van der Waals surface area contributed by atoms with Crippen LogP contribution in [0.15, 0.2) is 30.3 Å². The standard InChI is InChI=1S/C18H26N4O2/c1-14-17(15(2)22(21-14)10-11-23)13-19-9-8-18(24)20-12-16-6-4-3-5-7-16/h3-7,19,23H,8-13H2,1-2H3,(H,20,24). The summed E-state index contributed by atoms with van der Waals surface area (Å²) in [5.74, 6) is 0.0378. The number of hydrogen-bond acceptors (Lipinski definition) is 4. The second-order valence-electron chi connectivity index (χ2n) is 5.79. The van der Waals surface area contributed by atoms with E-state index in [4.69, 9.17) is 5.11 Å². The van der Waals surface area contributed by atoms with Gasteiger partial charge in [-0.1, -0.05) is 30.3 Å². The normalized spacial score (nSPS) is 10.8. The third-order valence-electron chi connectivity index (χ3n) is 4.01. The van der Waals surface area contributed by atoms with E-state index in [2.05, 4.69) is 15.7 Å². The summed E-state index contributed by atoms with van der Waals surface area (Å²) in [4.78, 5) is 11.9. The number of nitrogens with one attached hydrogen (secondary N) is 2. The largest absolute Gasteiger partial charge is 0.394 e. The second-order valence-corrected chi connectivity index (χ2v) is 5.79. The summed E-state index contributed by atoms with van der Waals surface area (Å²) in [5, 5.41) is 19.7. The fourth-order valence-corrected chi connectivity index (χ4v) is 2.60. The summed E-state index contributed by atoms with van der Waals surface area (Å²) in [6, 6.07) is 9.87. The van der Waals surface area contributed by atoms with Gasteiger partial charge in [0.1, 0.15) is 0 Å². The smallest absolute Gasteiger partial charge is 0.221 e. The highest BCUT2D eigenvalue weighted by Crippen LogP contribution is 2.12. The van der Waals surface area contributed by atoms with Crippen LogP contribution in [0.4, 0.5) is 0 Å². The number of carbonyl (C=O) groups is 1. The van der Waals surface area contributed by atoms with Gasteiger partial charge in [0.2, 0.25) is 5.91 Å². The molecule has 130 valence electrons. The van der Waals surface area contributed by atoms with Crippen LogP contribution >= 0.6 is 0 Å². The predicted molar refractivity (Wildman–Crippen MR) is 93.4 cm³/mol. The Morgan fingerprint density at radius 3 is 2.67 bits per heavy atom. The Morgan fingerprint density at radius 2 is 1.96 bits per heavy atom. The third kappa shape index (κ3) is 5.18. The molecule has 6 nitrogen and oxygen atoms in total. The summed E-state index contributed by atoms with van der Waals surface area (Å²) in [6.07, 6.45) is 0.440. The minimum absolute atomic E-state index is 0.0378. The number of nitrogens with zero attached hydrogens (tertiary/aromatic N) is 2. The summed E-state index contributed by atoms with van der Waals surface area (Å²) in [6.45, 7) is 6.40. The Kier molecular flexibility index (Phi) is 6.96. The summed E-state index contributed by atoms with van der Waals surface area (Å²) in [5.41, 5.74) is 4.25. The summed E-state index contributed by atoms with van der Waals surface area (Å²) >= 11 is 0. The molecule has 2 rings (SSSR count). The first-order chi connectivity index (χ1) is 11.6. The number of rotatable bonds is 9. The van der Waals surface area contributed by atoms with Crippen LogP contribution < -0.4 is 10.6 Å². The average Bonchev–Trinajstić information content (AvgIpc) is 2.85. The number of aliphatic hydroxyl groups excluding tert-OH is 1. The maximum atomic E-state index is 11.9. The van der Waals surface area contributed by atoms with Crippen LogP contribution in [0.5, 0.6) is 0 Å². The second kappa shape index (κ2) is 9.20. The molecule has 2 aromatic rings. The van der Waals surface area contributed by atoms with Gasteiger partial charge in [-0.05, 0) is 19.4 Å². The maximum absolute atomic E-state index is 11.9. The van der Waals surface area contributed by atoms with Crippen molar-refractivity contribution in [1.29, 1.82) is 0 Å². The predicted octanol–water partition coefficient (Wildman–Crippen LogP) is 1.29. The molecule has 1 heterocycles. The van der Waals surface area contributed by atoms with Crippen LogP contribution in [0, 0.1) is 13.8 Å². The van der Waals surface area contributed by atoms with Crippen molar-refractivity contribution in [1.82, 2.24) is 20.4 Å². The van der Waals surface area contributed by atoms with Crippen molar-refractivity contribution in [2.75, 3.05) is 13.2 Å². The van der Waals surface area contributed by atoms with Gasteiger partial charge in [0.25, 0.3) is 0 Å². The molecule has 0 radical (unpaired) electrons. The number of carbonyl (C=O) groups excluding carboxylic acids is 1. The van der Waals surface area contributed by atoms with Crippen LogP contribution in [-0.4, -0.2) is 33.9 Å². The molecule has 0 atom stereocenters. The maximum Gasteiger partial charge on any atom is 0.221 e. The number of aliphatic hydroxyl groups is 1. The average molecular weight is 330 g/mol. The number of amides is 1. The van der Waals surface area contributed by atoms with E-state index in [9.17, 15) is 4.79 Å². The highest BCUT2D eigenvalue weighted by molar-refractivity contribution is 5.76. The van der Waals surface area contributed by atoms with Gasteiger partial charge in [-0.15, -0.1) is 0 Å². The van der Waals surface area contributed by atoms with E-state index < -0.39 is 0 Å². The summed E-state index contributed by atoms with van der Waals surface area (Å²) < 4.78 is 1.82. The monoisotopic (exact) mass is 330 g/mol. The van der Waals surface area contributed by atoms with Crippen LogP contribution in [0.25, 0.3) is 0 Å². The number of aromatic nitrogens is 2. The van der Waals surface area contributed by atoms with Crippen molar-refractivity contribution >= 4 is 5.91 Å². The molecule has 0 spiro atoms. The lowest BCUT2D eigenvalue weighted by molar-refractivity contribution is -0.121. The molecule has 0 aliphatic heterocycles. The Hall–Kier alpha value is -2.18. The van der Waals surface area contributed by atoms with Gasteiger partial charge in [0, 0.05) is 37.3 Å². The molecule has 0 unspecified atom stereocenters. The van der Waals surface area contributed by atoms with Gasteiger partial charge in [-0.3, -0.25) is 9.48 Å². The Balaban J connectivity index is 1.70. The lowest BCUT2D eigenvalue weighted by Crippen LogP contribution is -2.27. The molecule has 3 N–H and O–H groups in total. The highest BCUT2D eigenvalue weighted by atomic mass is 16.3. The molecule has 6 heteroatoms. The fourth-order valence-electron chi connectivity index (χ4n) is 2.60. The van der Waals surface area contributed by atoms with Gasteiger partial charge in [0.05, 0.1) is 18.8 Å². The lowest BCUT2D eigenvalue weighted by Gasteiger charge is -2.07. The van der Waals surface area contributed by atoms with Crippen molar-refractivity contribution in [3.63, 3.8) is 0 Å². The quantitative estimate of drug-likeness (QED) is 0.605. The molecule has 0 fully saturated rings. The molecule has 0 aliphatic rings. The molecule has 1 aromatic heterocycles. The van der Waals surface area contributed by atoms with Crippen LogP contribution in [0.2, 0.25) is 0 Å². The van der Waals surface area contributed by atoms with Crippen LogP contribution in [-0.2, 0) is 24.4 Å². The Labute approximate surface area is 142 Å². The number of benzene rings is 1. The highest BCUT2D eigenvalue weighted by Gasteiger charge is 2.10. The zero-order chi connectivity index (χ0) is 17.4. The zero-order valence-electron chi connectivity index (χ0n) is 14.4. The molecule has 1 amide bonds. The number of aryl methyl sites for hydroxylation is 1. The van der Waals surface area contributed by atoms with Gasteiger partial charge in [-0.2, -0.15) is 5.10 Å². The Bertz CT molecular complexity index is 653. The van der Waals surface area contributed by atoms with Crippen molar-refractivity contribution < 1.29 is 9.90 Å². The molecule has 0 saturated heterocycles. The zero-order valence-corrected chi connectivity index (χ0v) is 14.4. The SMILES string of the molecule is Cc1nn(CCO)c(C)c1CNCCC(=O)NCc1ccccc1. The van der Waals surface area contributed by atoms with Gasteiger partial charge >= 0.3 is 0 Å². The topological polar surface area (TPSA) is 79.2 Å². The molecule has 0 aliphatic carbocycles. The van der Waals surface area contributed by atoms with Crippen molar-refractivity contribution in [2.24, 2.45) is 0 Å². The van der Waals surface area contributed by atoms with Gasteiger partial charge in [0.15, 0.2) is 0 Å². The molecule has 1 aromatic carbocycles. The first-order valence-electron chi connectivity index (χ1n) is 8.27. The van der Waals surface area contributed by atoms with Gasteiger partial charge < -0.3 is 15.7 Å². The molecular weight excluding hydrogens is 304 g/mol. The van der Waals surface area contributed by atoms with E-state index in [1.807, 2.05) is 48.9 Å². The Morgan fingerprint density at radius 1 is 1.21 bits per heavy atom. The molecule has 0 saturated carbocycles. The first kappa shape index (κ1) is 18.2. The van der Waals surface area contributed by atoms with Crippen molar-refractivity contribution in [3.8, 4) is 0 Å². The number of hydrogen-bond donors (Lipinski definition) is 3. The van der Waals surface area contributed by atoms with E-state index >= 15 is 0 Å². The first-order valence-corrected chi connectivity index (χ1v) is 8.27. The summed E-state index contributed by atoms with van der Waals surface area (Å²) in [7, 11) is 0. The minimum Gasteiger partial charge on any atom is -0.394 e. The van der Waals surface area contributed by atoms with E-state index in [0.29, 0.717) is 32.6 Å². The minimum atomic E-state index is 0.0378.